The molecule has 5 heteroatoms. The number of aromatic nitrogens is 4. The zero-order valence-electron chi connectivity index (χ0n) is 36.8. The van der Waals surface area contributed by atoms with Crippen molar-refractivity contribution >= 4 is 53.3 Å². The Hall–Kier alpha value is -8.77. The highest BCUT2D eigenvalue weighted by molar-refractivity contribution is 7.26. The molecule has 0 bridgehead atoms. The van der Waals surface area contributed by atoms with Gasteiger partial charge in [0.05, 0.1) is 15.7 Å². The van der Waals surface area contributed by atoms with Gasteiger partial charge in [-0.2, -0.15) is 0 Å². The van der Waals surface area contributed by atoms with Crippen LogP contribution in [0.4, 0.5) is 0 Å². The third-order valence-electron chi connectivity index (χ3n) is 13.1. The van der Waals surface area contributed by atoms with Crippen LogP contribution in [0.1, 0.15) is 0 Å². The van der Waals surface area contributed by atoms with Crippen molar-refractivity contribution in [1.82, 2.24) is 19.5 Å². The fourth-order valence-electron chi connectivity index (χ4n) is 9.83. The van der Waals surface area contributed by atoms with Gasteiger partial charge in [0, 0.05) is 48.6 Å². The highest BCUT2D eigenvalue weighted by Crippen LogP contribution is 2.47. The molecule has 0 aliphatic carbocycles. The van der Waals surface area contributed by atoms with Crippen molar-refractivity contribution in [1.29, 1.82) is 0 Å². The molecule has 0 aliphatic rings. The van der Waals surface area contributed by atoms with E-state index in [0.29, 0.717) is 17.5 Å². The molecular formula is C63H40N4S. The normalized spacial score (nSPS) is 11.5. The summed E-state index contributed by atoms with van der Waals surface area (Å²) in [6, 6.07) is 86.4. The van der Waals surface area contributed by atoms with Gasteiger partial charge in [-0.15, -0.1) is 11.3 Å². The maximum absolute atomic E-state index is 5.34. The molecule has 0 N–H and O–H groups in total. The van der Waals surface area contributed by atoms with Crippen molar-refractivity contribution in [3.63, 3.8) is 0 Å². The average Bonchev–Trinajstić information content (AvgIpc) is 3.98. The Bertz CT molecular complexity index is 3920. The predicted molar refractivity (Wildman–Crippen MR) is 285 cm³/mol. The number of rotatable bonds is 8. The van der Waals surface area contributed by atoms with Crippen molar-refractivity contribution in [2.75, 3.05) is 0 Å². The molecular weight excluding hydrogens is 845 g/mol. The molecule has 0 saturated carbocycles. The molecule has 13 rings (SSSR count). The Morgan fingerprint density at radius 3 is 1.46 bits per heavy atom. The van der Waals surface area contributed by atoms with Crippen molar-refractivity contribution in [3.8, 4) is 84.4 Å². The van der Waals surface area contributed by atoms with E-state index in [0.717, 1.165) is 44.5 Å². The van der Waals surface area contributed by atoms with Crippen LogP contribution < -0.4 is 0 Å². The largest absolute Gasteiger partial charge is 0.308 e. The third-order valence-corrected chi connectivity index (χ3v) is 14.2. The lowest BCUT2D eigenvalue weighted by molar-refractivity contribution is 1.08. The standard InChI is InChI=1S/C63H40N4S/c1-6-18-41(19-7-1)47-34-35-50(43-20-8-2-9-21-43)54(38-47)44-32-30-42(31-33-44)48-39-55(63-65-61(45-22-10-3-11-23-45)64-62(66-63)46-24-12-4-13-25-46)58-53-37-36-52-51-28-16-17-29-56(51)67(49-26-14-5-15-27-49)59(52)60(53)68-57(58)40-48/h1-40H. The van der Waals surface area contributed by atoms with Crippen LogP contribution in [0.3, 0.4) is 0 Å². The molecule has 0 fully saturated rings. The summed E-state index contributed by atoms with van der Waals surface area (Å²) in [4.78, 5) is 15.8. The second kappa shape index (κ2) is 16.6. The summed E-state index contributed by atoms with van der Waals surface area (Å²) < 4.78 is 4.82. The molecule has 0 radical (unpaired) electrons. The third kappa shape index (κ3) is 6.88. The first-order valence-corrected chi connectivity index (χ1v) is 23.7. The van der Waals surface area contributed by atoms with E-state index in [9.17, 15) is 0 Å². The Balaban J connectivity index is 1.05. The average molecular weight is 885 g/mol. The number of hydrogen-bond acceptors (Lipinski definition) is 4. The Morgan fingerprint density at radius 1 is 0.309 bits per heavy atom. The van der Waals surface area contributed by atoms with Gasteiger partial charge in [-0.3, -0.25) is 0 Å². The van der Waals surface area contributed by atoms with Gasteiger partial charge >= 0.3 is 0 Å². The minimum absolute atomic E-state index is 0.634. The summed E-state index contributed by atoms with van der Waals surface area (Å²) in [5, 5.41) is 4.76. The number of nitrogens with zero attached hydrogens (tertiary/aromatic N) is 4. The van der Waals surface area contributed by atoms with Crippen LogP contribution >= 0.6 is 11.3 Å². The quantitative estimate of drug-likeness (QED) is 0.153. The molecule has 0 spiro atoms. The van der Waals surface area contributed by atoms with Crippen LogP contribution in [0.2, 0.25) is 0 Å². The number of fused-ring (bicyclic) bond motifs is 7. The smallest absolute Gasteiger partial charge is 0.164 e. The molecule has 13 aromatic rings. The topological polar surface area (TPSA) is 43.6 Å². The fraction of sp³-hybridized carbons (Fsp3) is 0. The van der Waals surface area contributed by atoms with Gasteiger partial charge in [0.1, 0.15) is 0 Å². The second-order valence-corrected chi connectivity index (χ2v) is 18.2. The first kappa shape index (κ1) is 39.6. The summed E-state index contributed by atoms with van der Waals surface area (Å²) >= 11 is 1.84. The van der Waals surface area contributed by atoms with E-state index in [1.54, 1.807) is 0 Å². The maximum atomic E-state index is 5.34. The number of benzene rings is 10. The first-order valence-electron chi connectivity index (χ1n) is 22.9. The summed E-state index contributed by atoms with van der Waals surface area (Å²) in [6.07, 6.45) is 0. The van der Waals surface area contributed by atoms with E-state index in [2.05, 4.69) is 211 Å². The van der Waals surface area contributed by atoms with Gasteiger partial charge < -0.3 is 4.57 Å². The van der Waals surface area contributed by atoms with E-state index >= 15 is 0 Å². The fourth-order valence-corrected chi connectivity index (χ4v) is 11.1. The van der Waals surface area contributed by atoms with Gasteiger partial charge in [0.25, 0.3) is 0 Å². The summed E-state index contributed by atoms with van der Waals surface area (Å²) in [5.41, 5.74) is 15.7. The molecule has 3 heterocycles. The highest BCUT2D eigenvalue weighted by Gasteiger charge is 2.23. The van der Waals surface area contributed by atoms with Crippen LogP contribution in [-0.4, -0.2) is 19.5 Å². The van der Waals surface area contributed by atoms with Crippen molar-refractivity contribution < 1.29 is 0 Å². The van der Waals surface area contributed by atoms with E-state index in [1.807, 2.05) is 47.7 Å². The van der Waals surface area contributed by atoms with Gasteiger partial charge in [-0.25, -0.2) is 15.0 Å². The van der Waals surface area contributed by atoms with Gasteiger partial charge in [0.2, 0.25) is 0 Å². The minimum Gasteiger partial charge on any atom is -0.308 e. The second-order valence-electron chi connectivity index (χ2n) is 17.1. The zero-order chi connectivity index (χ0) is 45.0. The van der Waals surface area contributed by atoms with Gasteiger partial charge in [0.15, 0.2) is 17.5 Å². The van der Waals surface area contributed by atoms with Crippen LogP contribution in [0.5, 0.6) is 0 Å². The van der Waals surface area contributed by atoms with E-state index in [-0.39, 0.29) is 0 Å². The van der Waals surface area contributed by atoms with E-state index in [1.165, 1.54) is 64.4 Å². The SMILES string of the molecule is c1ccc(-c2ccc(-c3ccccc3)c(-c3ccc(-c4cc(-c5nc(-c6ccccc6)nc(-c6ccccc6)n5)c5c(c4)sc4c5ccc5c6ccccc6n(-c6ccccc6)c54)cc3)c2)cc1. The lowest BCUT2D eigenvalue weighted by atomic mass is 9.90. The number of thiophene rings is 1. The molecule has 0 atom stereocenters. The van der Waals surface area contributed by atoms with Crippen LogP contribution in [0.25, 0.3) is 126 Å². The molecule has 0 unspecified atom stereocenters. The highest BCUT2D eigenvalue weighted by atomic mass is 32.1. The monoisotopic (exact) mass is 884 g/mol. The van der Waals surface area contributed by atoms with Crippen molar-refractivity contribution in [2.45, 2.75) is 0 Å². The number of para-hydroxylation sites is 2. The Kier molecular flexibility index (Phi) is 9.66. The summed E-state index contributed by atoms with van der Waals surface area (Å²) in [7, 11) is 0. The molecule has 4 nitrogen and oxygen atoms in total. The zero-order valence-corrected chi connectivity index (χ0v) is 37.6. The van der Waals surface area contributed by atoms with Crippen LogP contribution in [0.15, 0.2) is 243 Å². The molecule has 68 heavy (non-hydrogen) atoms. The van der Waals surface area contributed by atoms with Crippen LogP contribution in [0, 0.1) is 0 Å². The molecule has 3 aromatic heterocycles. The Labute approximate surface area is 397 Å². The number of hydrogen-bond donors (Lipinski definition) is 0. The molecule has 10 aromatic carbocycles. The first-order chi connectivity index (χ1) is 33.7. The van der Waals surface area contributed by atoms with Crippen molar-refractivity contribution in [3.05, 3.63) is 243 Å². The van der Waals surface area contributed by atoms with Crippen LogP contribution in [-0.2, 0) is 0 Å². The minimum atomic E-state index is 0.634. The lowest BCUT2D eigenvalue weighted by Crippen LogP contribution is -2.00. The molecule has 0 aliphatic heterocycles. The summed E-state index contributed by atoms with van der Waals surface area (Å²) in [6.45, 7) is 0. The van der Waals surface area contributed by atoms with E-state index in [4.69, 9.17) is 15.0 Å². The predicted octanol–water partition coefficient (Wildman–Crippen LogP) is 17.0. The Morgan fingerprint density at radius 2 is 0.794 bits per heavy atom. The van der Waals surface area contributed by atoms with E-state index < -0.39 is 0 Å². The lowest BCUT2D eigenvalue weighted by Gasteiger charge is -2.14. The summed E-state index contributed by atoms with van der Waals surface area (Å²) in [5.74, 6) is 1.90. The maximum Gasteiger partial charge on any atom is 0.164 e. The molecule has 318 valence electrons. The van der Waals surface area contributed by atoms with Gasteiger partial charge in [-0.1, -0.05) is 206 Å². The molecule has 0 saturated heterocycles. The van der Waals surface area contributed by atoms with Crippen molar-refractivity contribution in [2.24, 2.45) is 0 Å². The molecule has 0 amide bonds. The van der Waals surface area contributed by atoms with Gasteiger partial charge in [-0.05, 0) is 80.9 Å².